The van der Waals surface area contributed by atoms with Gasteiger partial charge in [-0.2, -0.15) is 0 Å². The van der Waals surface area contributed by atoms with E-state index in [-0.39, 0.29) is 10.1 Å². The van der Waals surface area contributed by atoms with Gasteiger partial charge in [0, 0.05) is 5.39 Å². The molecule has 144 valence electrons. The number of anilines is 1. The number of hydrogen-bond donors (Lipinski definition) is 0. The number of amides is 2. The predicted octanol–water partition coefficient (Wildman–Crippen LogP) is 5.79. The van der Waals surface area contributed by atoms with Gasteiger partial charge < -0.3 is 0 Å². The van der Waals surface area contributed by atoms with Crippen molar-refractivity contribution in [1.82, 2.24) is 0 Å². The van der Waals surface area contributed by atoms with Crippen molar-refractivity contribution in [3.8, 4) is 0 Å². The largest absolute Gasteiger partial charge is 0.274 e. The van der Waals surface area contributed by atoms with E-state index in [1.807, 2.05) is 30.3 Å². The maximum atomic E-state index is 13.4. The molecule has 9 heteroatoms. The summed E-state index contributed by atoms with van der Waals surface area (Å²) in [6.07, 6.45) is 0. The summed E-state index contributed by atoms with van der Waals surface area (Å²) in [5, 5.41) is 1.41. The average molecular weight is 496 g/mol. The van der Waals surface area contributed by atoms with Gasteiger partial charge in [-0.05, 0) is 11.5 Å². The van der Waals surface area contributed by atoms with Crippen molar-refractivity contribution >= 4 is 97.9 Å². The number of nitrogens with zero attached hydrogens (tertiary/aromatic N) is 1. The molecule has 1 saturated carbocycles. The summed E-state index contributed by atoms with van der Waals surface area (Å²) in [6, 6.07) is 12.7. The first kappa shape index (κ1) is 19.3. The number of rotatable bonds is 1. The highest BCUT2D eigenvalue weighted by molar-refractivity contribution is 6.67. The van der Waals surface area contributed by atoms with Gasteiger partial charge >= 0.3 is 0 Å². The Kier molecular flexibility index (Phi) is 3.94. The fourth-order valence-corrected chi connectivity index (χ4v) is 7.56. The smallest absolute Gasteiger partial charge is 0.240 e. The van der Waals surface area contributed by atoms with Crippen LogP contribution in [0.5, 0.6) is 0 Å². The van der Waals surface area contributed by atoms with Gasteiger partial charge in [-0.1, -0.05) is 82.8 Å². The van der Waals surface area contributed by atoms with E-state index in [9.17, 15) is 9.59 Å². The highest BCUT2D eigenvalue weighted by Crippen LogP contribution is 2.77. The number of carbonyl (C=O) groups is 2. The number of hydrogen-bond acceptors (Lipinski definition) is 2. The van der Waals surface area contributed by atoms with E-state index < -0.39 is 37.7 Å². The molecule has 2 bridgehead atoms. The quantitative estimate of drug-likeness (QED) is 0.371. The molecule has 1 saturated heterocycles. The number of imide groups is 1. The molecule has 1 heterocycles. The van der Waals surface area contributed by atoms with E-state index in [0.29, 0.717) is 5.69 Å². The predicted molar refractivity (Wildman–Crippen MR) is 114 cm³/mol. The third kappa shape index (κ3) is 1.84. The minimum Gasteiger partial charge on any atom is -0.274 e. The average Bonchev–Trinajstić information content (AvgIpc) is 3.05. The second kappa shape index (κ2) is 5.72. The monoisotopic (exact) mass is 493 g/mol. The minimum atomic E-state index is -1.93. The molecule has 4 atom stereocenters. The van der Waals surface area contributed by atoms with Crippen molar-refractivity contribution < 1.29 is 9.59 Å². The van der Waals surface area contributed by atoms with Crippen LogP contribution in [0.2, 0.25) is 0 Å². The molecule has 1 aliphatic heterocycles. The fraction of sp³-hybridized carbons (Fsp3) is 0.263. The maximum Gasteiger partial charge on any atom is 0.240 e. The molecule has 2 amide bonds. The number of allylic oxidation sites excluding steroid dienone is 2. The van der Waals surface area contributed by atoms with E-state index in [1.54, 1.807) is 12.1 Å². The highest BCUT2D eigenvalue weighted by atomic mass is 35.5. The molecule has 2 aromatic carbocycles. The Morgan fingerprint density at radius 2 is 1.25 bits per heavy atom. The molecule has 3 aliphatic rings. The Morgan fingerprint density at radius 1 is 0.750 bits per heavy atom. The number of carbonyl (C=O) groups excluding carboxylic acids is 2. The van der Waals surface area contributed by atoms with E-state index in [1.165, 1.54) is 0 Å². The van der Waals surface area contributed by atoms with Crippen molar-refractivity contribution in [1.29, 1.82) is 0 Å². The molecular formula is C19H9Cl6NO2. The van der Waals surface area contributed by atoms with Crippen LogP contribution in [-0.2, 0) is 9.59 Å². The maximum absolute atomic E-state index is 13.4. The van der Waals surface area contributed by atoms with Crippen LogP contribution in [0.4, 0.5) is 5.69 Å². The highest BCUT2D eigenvalue weighted by Gasteiger charge is 2.87. The fourth-order valence-electron chi connectivity index (χ4n) is 4.64. The Bertz CT molecular complexity index is 1080. The number of halogens is 6. The lowest BCUT2D eigenvalue weighted by atomic mass is 9.84. The van der Waals surface area contributed by atoms with Crippen molar-refractivity contribution in [3.63, 3.8) is 0 Å². The van der Waals surface area contributed by atoms with Gasteiger partial charge in [0.15, 0.2) is 4.33 Å². The summed E-state index contributed by atoms with van der Waals surface area (Å²) < 4.78 is -1.93. The summed E-state index contributed by atoms with van der Waals surface area (Å²) in [4.78, 5) is 24.4. The van der Waals surface area contributed by atoms with Crippen molar-refractivity contribution in [2.24, 2.45) is 11.8 Å². The lowest BCUT2D eigenvalue weighted by molar-refractivity contribution is -0.123. The van der Waals surface area contributed by atoms with Crippen molar-refractivity contribution in [2.75, 3.05) is 4.90 Å². The summed E-state index contributed by atoms with van der Waals surface area (Å²) in [5.74, 6) is -3.39. The molecule has 0 radical (unpaired) electrons. The van der Waals surface area contributed by atoms with Crippen LogP contribution < -0.4 is 4.90 Å². The van der Waals surface area contributed by atoms with Gasteiger partial charge in [0.1, 0.15) is 9.75 Å². The zero-order valence-electron chi connectivity index (χ0n) is 13.7. The summed E-state index contributed by atoms with van der Waals surface area (Å²) in [5.41, 5.74) is 0.435. The normalized spacial score (nSPS) is 36.0. The van der Waals surface area contributed by atoms with Gasteiger partial charge in [0.2, 0.25) is 11.8 Å². The third-order valence-corrected chi connectivity index (χ3v) is 10.2. The topological polar surface area (TPSA) is 37.4 Å². The lowest BCUT2D eigenvalue weighted by Crippen LogP contribution is -2.50. The standard InChI is InChI=1S/C19H9Cl6NO2/c20-13-14(21)18(23)12-11(17(13,22)19(18,24)25)15(27)26(16(12)28)10-7-3-5-8-4-1-2-6-9(8)10/h1-7,11-12H/t11-,12-,17+,18+/m1/s1. The molecule has 0 unspecified atom stereocenters. The summed E-state index contributed by atoms with van der Waals surface area (Å²) in [6.45, 7) is 0. The van der Waals surface area contributed by atoms with E-state index in [0.717, 1.165) is 15.7 Å². The van der Waals surface area contributed by atoms with Crippen LogP contribution in [0.1, 0.15) is 0 Å². The second-order valence-corrected chi connectivity index (χ2v) is 10.4. The number of alkyl halides is 4. The molecule has 2 aliphatic carbocycles. The Labute approximate surface area is 190 Å². The van der Waals surface area contributed by atoms with E-state index in [4.69, 9.17) is 69.6 Å². The van der Waals surface area contributed by atoms with Gasteiger partial charge in [-0.25, -0.2) is 4.90 Å². The molecule has 2 aromatic rings. The van der Waals surface area contributed by atoms with E-state index in [2.05, 4.69) is 0 Å². The van der Waals surface area contributed by atoms with Crippen LogP contribution in [0.25, 0.3) is 10.8 Å². The van der Waals surface area contributed by atoms with Crippen LogP contribution in [0, 0.1) is 11.8 Å². The summed E-state index contributed by atoms with van der Waals surface area (Å²) in [7, 11) is 0. The van der Waals surface area contributed by atoms with Gasteiger partial charge in [0.25, 0.3) is 0 Å². The lowest BCUT2D eigenvalue weighted by Gasteiger charge is -2.34. The first-order valence-corrected chi connectivity index (χ1v) is 10.5. The molecular weight excluding hydrogens is 487 g/mol. The first-order chi connectivity index (χ1) is 13.1. The molecule has 5 rings (SSSR count). The van der Waals surface area contributed by atoms with Crippen LogP contribution in [0.15, 0.2) is 52.5 Å². The second-order valence-electron chi connectivity index (χ2n) is 7.09. The van der Waals surface area contributed by atoms with Crippen molar-refractivity contribution in [3.05, 3.63) is 52.5 Å². The molecule has 3 nitrogen and oxygen atoms in total. The molecule has 0 spiro atoms. The minimum absolute atomic E-state index is 0.0991. The van der Waals surface area contributed by atoms with Crippen molar-refractivity contribution in [2.45, 2.75) is 14.1 Å². The Morgan fingerprint density at radius 3 is 1.82 bits per heavy atom. The van der Waals surface area contributed by atoms with Crippen LogP contribution in [0.3, 0.4) is 0 Å². The van der Waals surface area contributed by atoms with Gasteiger partial charge in [-0.15, -0.1) is 23.2 Å². The molecule has 0 aromatic heterocycles. The van der Waals surface area contributed by atoms with Gasteiger partial charge in [-0.3, -0.25) is 9.59 Å². The SMILES string of the molecule is O=C1[C@H]2[C@H](C(=O)N1c1cccc3ccccc13)[C@]1(Cl)C(Cl)=C(Cl)[C@]2(Cl)C1(Cl)Cl. The Hall–Kier alpha value is -0.680. The van der Waals surface area contributed by atoms with Crippen LogP contribution >= 0.6 is 69.6 Å². The zero-order valence-corrected chi connectivity index (χ0v) is 18.3. The first-order valence-electron chi connectivity index (χ1n) is 8.27. The Balaban J connectivity index is 1.74. The number of fused-ring (bicyclic) bond motifs is 6. The van der Waals surface area contributed by atoms with Crippen LogP contribution in [-0.4, -0.2) is 25.9 Å². The molecule has 28 heavy (non-hydrogen) atoms. The number of benzene rings is 2. The zero-order chi connectivity index (χ0) is 20.2. The molecule has 0 N–H and O–H groups in total. The summed E-state index contributed by atoms with van der Waals surface area (Å²) >= 11 is 39.1. The molecule has 2 fully saturated rings. The third-order valence-electron chi connectivity index (χ3n) is 5.92. The van der Waals surface area contributed by atoms with Gasteiger partial charge in [0.05, 0.1) is 27.6 Å². The van der Waals surface area contributed by atoms with E-state index >= 15 is 0 Å².